The van der Waals surface area contributed by atoms with Crippen LogP contribution in [0.2, 0.25) is 15.1 Å². The Kier molecular flexibility index (Phi) is 7.15. The van der Waals surface area contributed by atoms with Gasteiger partial charge < -0.3 is 5.32 Å². The highest BCUT2D eigenvalue weighted by Gasteiger charge is 2.29. The first kappa shape index (κ1) is 24.6. The third-order valence-electron chi connectivity index (χ3n) is 6.20. The van der Waals surface area contributed by atoms with E-state index < -0.39 is 0 Å². The smallest absolute Gasteiger partial charge is 0.272 e. The Morgan fingerprint density at radius 1 is 1.03 bits per heavy atom. The van der Waals surface area contributed by atoms with Gasteiger partial charge in [0.2, 0.25) is 0 Å². The van der Waals surface area contributed by atoms with Crippen LogP contribution in [0.4, 0.5) is 0 Å². The molecule has 4 aromatic rings. The van der Waals surface area contributed by atoms with Crippen molar-refractivity contribution in [2.45, 2.75) is 32.2 Å². The number of hydrogen-bond donors (Lipinski definition) is 1. The molecule has 1 atom stereocenters. The lowest BCUT2D eigenvalue weighted by Gasteiger charge is -2.19. The molecule has 5 nitrogen and oxygen atoms in total. The van der Waals surface area contributed by atoms with Crippen molar-refractivity contribution in [3.63, 3.8) is 0 Å². The van der Waals surface area contributed by atoms with Crippen molar-refractivity contribution in [3.8, 4) is 5.69 Å². The molecular weight excluding hydrogens is 515 g/mol. The number of pyridine rings is 1. The van der Waals surface area contributed by atoms with E-state index in [9.17, 15) is 4.79 Å². The molecule has 0 aliphatic heterocycles. The number of amides is 1. The first-order valence-corrected chi connectivity index (χ1v) is 12.8. The Labute approximate surface area is 224 Å². The van der Waals surface area contributed by atoms with Gasteiger partial charge in [-0.05, 0) is 85.9 Å². The number of fused-ring (bicyclic) bond motifs is 1. The summed E-state index contributed by atoms with van der Waals surface area (Å²) in [5.41, 5.74) is 5.72. The predicted octanol–water partition coefficient (Wildman–Crippen LogP) is 7.60. The van der Waals surface area contributed by atoms with Crippen LogP contribution < -0.4 is 5.32 Å². The number of rotatable bonds is 5. The Morgan fingerprint density at radius 2 is 1.81 bits per heavy atom. The zero-order valence-corrected chi connectivity index (χ0v) is 21.8. The van der Waals surface area contributed by atoms with Crippen LogP contribution in [0.1, 0.15) is 58.8 Å². The zero-order valence-electron chi connectivity index (χ0n) is 19.5. The van der Waals surface area contributed by atoms with Gasteiger partial charge >= 0.3 is 0 Å². The van der Waals surface area contributed by atoms with E-state index in [0.717, 1.165) is 47.4 Å². The summed E-state index contributed by atoms with van der Waals surface area (Å²) in [4.78, 5) is 17.8. The number of allylic oxidation sites excluding steroid dienone is 1. The van der Waals surface area contributed by atoms with Crippen molar-refractivity contribution < 1.29 is 4.79 Å². The van der Waals surface area contributed by atoms with Gasteiger partial charge in [-0.2, -0.15) is 5.10 Å². The molecule has 1 amide bonds. The second-order valence-corrected chi connectivity index (χ2v) is 9.99. The number of hydrogen-bond acceptors (Lipinski definition) is 3. The maximum atomic E-state index is 13.5. The van der Waals surface area contributed by atoms with Crippen LogP contribution in [0.3, 0.4) is 0 Å². The highest BCUT2D eigenvalue weighted by Crippen LogP contribution is 2.38. The quantitative estimate of drug-likeness (QED) is 0.285. The van der Waals surface area contributed by atoms with Gasteiger partial charge in [-0.25, -0.2) is 4.68 Å². The first-order chi connectivity index (χ1) is 17.4. The van der Waals surface area contributed by atoms with E-state index in [1.165, 1.54) is 0 Å². The van der Waals surface area contributed by atoms with Crippen LogP contribution in [-0.2, 0) is 6.42 Å². The molecular formula is C28H23Cl3N4O. The van der Waals surface area contributed by atoms with E-state index in [2.05, 4.69) is 16.4 Å². The largest absolute Gasteiger partial charge is 0.343 e. The van der Waals surface area contributed by atoms with Crippen molar-refractivity contribution in [3.05, 3.63) is 110 Å². The molecule has 8 heteroatoms. The monoisotopic (exact) mass is 536 g/mol. The lowest BCUT2D eigenvalue weighted by atomic mass is 9.89. The third-order valence-corrected chi connectivity index (χ3v) is 6.99. The normalized spacial score (nSPS) is 14.9. The van der Waals surface area contributed by atoms with Crippen LogP contribution in [0.25, 0.3) is 17.3 Å². The van der Waals surface area contributed by atoms with E-state index in [4.69, 9.17) is 39.9 Å². The number of aromatic nitrogens is 3. The summed E-state index contributed by atoms with van der Waals surface area (Å²) in [7, 11) is 0. The van der Waals surface area contributed by atoms with E-state index in [1.807, 2.05) is 55.5 Å². The van der Waals surface area contributed by atoms with Gasteiger partial charge in [0.05, 0.1) is 28.1 Å². The SMILES string of the molecule is C[C@@H](NC(=O)c1nn(-c2ccc(Cl)cc2Cl)c2c1CCC/C2=C\c1ccc(Cl)cc1)c1ccccn1. The molecule has 182 valence electrons. The maximum Gasteiger partial charge on any atom is 0.272 e. The molecule has 0 saturated heterocycles. The number of carbonyl (C=O) groups excluding carboxylic acids is 1. The van der Waals surface area contributed by atoms with E-state index in [-0.39, 0.29) is 11.9 Å². The molecule has 0 bridgehead atoms. The average Bonchev–Trinajstić information content (AvgIpc) is 3.26. The van der Waals surface area contributed by atoms with Crippen molar-refractivity contribution in [1.82, 2.24) is 20.1 Å². The van der Waals surface area contributed by atoms with Crippen LogP contribution in [0, 0.1) is 0 Å². The van der Waals surface area contributed by atoms with Crippen LogP contribution in [0.5, 0.6) is 0 Å². The molecule has 5 rings (SSSR count). The second-order valence-electron chi connectivity index (χ2n) is 8.71. The van der Waals surface area contributed by atoms with Crippen molar-refractivity contribution in [1.29, 1.82) is 0 Å². The molecule has 2 aromatic carbocycles. The van der Waals surface area contributed by atoms with Gasteiger partial charge in [0.25, 0.3) is 5.91 Å². The molecule has 0 saturated carbocycles. The predicted molar refractivity (Wildman–Crippen MR) is 146 cm³/mol. The van der Waals surface area contributed by atoms with Gasteiger partial charge in [0, 0.05) is 21.8 Å². The lowest BCUT2D eigenvalue weighted by Crippen LogP contribution is -2.28. The number of nitrogens with one attached hydrogen (secondary N) is 1. The molecule has 1 aliphatic carbocycles. The summed E-state index contributed by atoms with van der Waals surface area (Å²) in [5, 5.41) is 9.53. The number of halogens is 3. The Balaban J connectivity index is 1.61. The summed E-state index contributed by atoms with van der Waals surface area (Å²) in [5.74, 6) is -0.249. The number of benzene rings is 2. The van der Waals surface area contributed by atoms with Gasteiger partial charge in [-0.1, -0.05) is 53.0 Å². The van der Waals surface area contributed by atoms with E-state index in [0.29, 0.717) is 26.4 Å². The molecule has 1 aliphatic rings. The number of carbonyl (C=O) groups is 1. The standard InChI is InChI=1S/C28H23Cl3N4O/c1-17(24-7-2-3-14-32-24)33-28(36)26-22-6-4-5-19(15-18-8-10-20(29)11-9-18)27(22)35(34-26)25-13-12-21(30)16-23(25)31/h2-3,7-17H,4-6H2,1H3,(H,33,36)/b19-15+/t17-/m1/s1. The minimum atomic E-state index is -0.272. The summed E-state index contributed by atoms with van der Waals surface area (Å²) in [6, 6.07) is 18.3. The Bertz CT molecular complexity index is 1450. The van der Waals surface area contributed by atoms with Crippen LogP contribution in [-0.4, -0.2) is 20.7 Å². The van der Waals surface area contributed by atoms with Crippen LogP contribution in [0.15, 0.2) is 66.9 Å². The second kappa shape index (κ2) is 10.5. The number of nitrogens with zero attached hydrogens (tertiary/aromatic N) is 3. The molecule has 2 heterocycles. The van der Waals surface area contributed by atoms with Gasteiger partial charge in [0.1, 0.15) is 0 Å². The average molecular weight is 538 g/mol. The van der Waals surface area contributed by atoms with Crippen LogP contribution >= 0.6 is 34.8 Å². The van der Waals surface area contributed by atoms with Gasteiger partial charge in [0.15, 0.2) is 5.69 Å². The van der Waals surface area contributed by atoms with E-state index >= 15 is 0 Å². The highest BCUT2D eigenvalue weighted by atomic mass is 35.5. The van der Waals surface area contributed by atoms with Crippen molar-refractivity contribution in [2.75, 3.05) is 0 Å². The van der Waals surface area contributed by atoms with E-state index in [1.54, 1.807) is 23.0 Å². The molecule has 0 spiro atoms. The minimum absolute atomic E-state index is 0.249. The molecule has 0 fully saturated rings. The first-order valence-electron chi connectivity index (χ1n) is 11.7. The maximum absolute atomic E-state index is 13.5. The summed E-state index contributed by atoms with van der Waals surface area (Å²) >= 11 is 18.8. The van der Waals surface area contributed by atoms with Crippen molar-refractivity contribution in [2.24, 2.45) is 0 Å². The zero-order chi connectivity index (χ0) is 25.2. The third kappa shape index (κ3) is 5.05. The Morgan fingerprint density at radius 3 is 2.53 bits per heavy atom. The highest BCUT2D eigenvalue weighted by molar-refractivity contribution is 6.35. The van der Waals surface area contributed by atoms with Gasteiger partial charge in [-0.15, -0.1) is 0 Å². The molecule has 0 radical (unpaired) electrons. The fraction of sp³-hybridized carbons (Fsp3) is 0.179. The molecule has 0 unspecified atom stereocenters. The molecule has 36 heavy (non-hydrogen) atoms. The topological polar surface area (TPSA) is 59.8 Å². The van der Waals surface area contributed by atoms with Gasteiger partial charge in [-0.3, -0.25) is 9.78 Å². The lowest BCUT2D eigenvalue weighted by molar-refractivity contribution is 0.0932. The summed E-state index contributed by atoms with van der Waals surface area (Å²) in [6.07, 6.45) is 6.32. The fourth-order valence-electron chi connectivity index (χ4n) is 4.47. The Hall–Kier alpha value is -3.12. The fourth-order valence-corrected chi connectivity index (χ4v) is 5.09. The molecule has 1 N–H and O–H groups in total. The minimum Gasteiger partial charge on any atom is -0.343 e. The summed E-state index contributed by atoms with van der Waals surface area (Å²) in [6.45, 7) is 1.91. The summed E-state index contributed by atoms with van der Waals surface area (Å²) < 4.78 is 1.77. The van der Waals surface area contributed by atoms with Crippen molar-refractivity contribution >= 4 is 52.4 Å². The molecule has 2 aromatic heterocycles.